The Labute approximate surface area is 186 Å². The predicted octanol–water partition coefficient (Wildman–Crippen LogP) is 5.35. The highest BCUT2D eigenvalue weighted by Gasteiger charge is 2.61. The van der Waals surface area contributed by atoms with Crippen molar-refractivity contribution in [2.45, 2.75) is 86.7 Å². The van der Waals surface area contributed by atoms with Gasteiger partial charge in [-0.3, -0.25) is 14.4 Å². The van der Waals surface area contributed by atoms with Gasteiger partial charge in [0.1, 0.15) is 11.3 Å². The Bertz CT molecular complexity index is 834. The molecule has 172 valence electrons. The molecule has 1 unspecified atom stereocenters. The van der Waals surface area contributed by atoms with Gasteiger partial charge >= 0.3 is 0 Å². The molecule has 0 aromatic heterocycles. The zero-order valence-electron chi connectivity index (χ0n) is 20.3. The maximum Gasteiger partial charge on any atom is 0.209 e. The van der Waals surface area contributed by atoms with E-state index in [0.717, 1.165) is 16.7 Å². The summed E-state index contributed by atoms with van der Waals surface area (Å²) in [5, 5.41) is 22.7. The van der Waals surface area contributed by atoms with Crippen molar-refractivity contribution >= 4 is 17.3 Å². The Hall–Kier alpha value is -2.27. The lowest BCUT2D eigenvalue weighted by Crippen LogP contribution is -2.59. The van der Waals surface area contributed by atoms with Gasteiger partial charge < -0.3 is 10.2 Å². The molecule has 0 saturated carbocycles. The lowest BCUT2D eigenvalue weighted by Gasteiger charge is -2.42. The van der Waals surface area contributed by atoms with Crippen LogP contribution in [0.25, 0.3) is 0 Å². The van der Waals surface area contributed by atoms with Gasteiger partial charge in [0.25, 0.3) is 0 Å². The van der Waals surface area contributed by atoms with Gasteiger partial charge in [-0.1, -0.05) is 48.8 Å². The van der Waals surface area contributed by atoms with Crippen LogP contribution in [0.15, 0.2) is 46.3 Å². The maximum absolute atomic E-state index is 13.8. The number of Topliss-reactive ketones (excluding diaryl/α,β-unsaturated/α-hetero) is 3. The fourth-order valence-electron chi connectivity index (χ4n) is 3.65. The van der Waals surface area contributed by atoms with E-state index in [1.54, 1.807) is 32.1 Å². The maximum atomic E-state index is 13.8. The van der Waals surface area contributed by atoms with E-state index in [0.29, 0.717) is 0 Å². The van der Waals surface area contributed by atoms with E-state index >= 15 is 0 Å². The highest BCUT2D eigenvalue weighted by atomic mass is 16.3. The van der Waals surface area contributed by atoms with Gasteiger partial charge in [0.05, 0.1) is 5.41 Å². The first-order valence-electron chi connectivity index (χ1n) is 10.9. The van der Waals surface area contributed by atoms with Crippen LogP contribution in [0.1, 0.15) is 81.1 Å². The first-order chi connectivity index (χ1) is 14.2. The summed E-state index contributed by atoms with van der Waals surface area (Å²) < 4.78 is 0. The molecule has 0 aliphatic heterocycles. The zero-order chi connectivity index (χ0) is 24.1. The van der Waals surface area contributed by atoms with Gasteiger partial charge in [-0.15, -0.1) is 0 Å². The molecule has 1 aliphatic rings. The van der Waals surface area contributed by atoms with Crippen LogP contribution in [0.3, 0.4) is 0 Å². The molecule has 0 fully saturated rings. The molecule has 0 amide bonds. The number of hydrogen-bond donors (Lipinski definition) is 2. The van der Waals surface area contributed by atoms with E-state index in [9.17, 15) is 24.6 Å². The molecular weight excluding hydrogens is 392 g/mol. The van der Waals surface area contributed by atoms with Crippen molar-refractivity contribution in [1.82, 2.24) is 0 Å². The molecule has 1 aliphatic carbocycles. The Morgan fingerprint density at radius 1 is 0.871 bits per heavy atom. The van der Waals surface area contributed by atoms with Crippen LogP contribution in [-0.2, 0) is 14.4 Å². The number of rotatable bonds is 9. The minimum Gasteiger partial charge on any atom is -0.510 e. The molecule has 5 nitrogen and oxygen atoms in total. The lowest BCUT2D eigenvalue weighted by molar-refractivity contribution is -0.158. The summed E-state index contributed by atoms with van der Waals surface area (Å²) in [7, 11) is 0. The van der Waals surface area contributed by atoms with Crippen LogP contribution in [0.2, 0.25) is 0 Å². The molecule has 0 radical (unpaired) electrons. The van der Waals surface area contributed by atoms with E-state index in [1.165, 1.54) is 0 Å². The second-order valence-electron chi connectivity index (χ2n) is 9.80. The van der Waals surface area contributed by atoms with Gasteiger partial charge in [-0.25, -0.2) is 0 Å². The van der Waals surface area contributed by atoms with Gasteiger partial charge in [0.2, 0.25) is 5.78 Å². The normalized spacial score (nSPS) is 20.6. The molecule has 5 heteroatoms. The molecule has 1 rings (SSSR count). The fourth-order valence-corrected chi connectivity index (χ4v) is 3.65. The standard InChI is InChI=1S/C26H38O5/c1-16(2)9-12-25(13-10-17(3)4)22(28)21(20(27)15-19(7)8)23(29)26(31,24(25)30)14-11-18(5)6/h9-11,19,28,31H,12-15H2,1-8H3. The Morgan fingerprint density at radius 3 is 1.68 bits per heavy atom. The molecule has 0 bridgehead atoms. The van der Waals surface area contributed by atoms with Crippen molar-refractivity contribution in [3.05, 3.63) is 46.3 Å². The van der Waals surface area contributed by atoms with Crippen molar-refractivity contribution in [3.63, 3.8) is 0 Å². The van der Waals surface area contributed by atoms with Gasteiger partial charge in [0.15, 0.2) is 17.2 Å². The summed E-state index contributed by atoms with van der Waals surface area (Å²) in [6.07, 6.45) is 5.21. The number of allylic oxidation sites excluding steroid dienone is 6. The largest absolute Gasteiger partial charge is 0.510 e. The minimum atomic E-state index is -2.39. The molecule has 0 aromatic rings. The third kappa shape index (κ3) is 5.91. The molecular formula is C26H38O5. The van der Waals surface area contributed by atoms with Crippen LogP contribution in [0.4, 0.5) is 0 Å². The van der Waals surface area contributed by atoms with Crippen LogP contribution in [0, 0.1) is 11.3 Å². The third-order valence-corrected chi connectivity index (χ3v) is 5.50. The second-order valence-corrected chi connectivity index (χ2v) is 9.80. The summed E-state index contributed by atoms with van der Waals surface area (Å²) >= 11 is 0. The number of ketones is 3. The average Bonchev–Trinajstić information content (AvgIpc) is 2.64. The van der Waals surface area contributed by atoms with E-state index in [2.05, 4.69) is 0 Å². The smallest absolute Gasteiger partial charge is 0.209 e. The quantitative estimate of drug-likeness (QED) is 0.292. The van der Waals surface area contributed by atoms with Crippen molar-refractivity contribution in [2.24, 2.45) is 11.3 Å². The summed E-state index contributed by atoms with van der Waals surface area (Å²) in [6.45, 7) is 14.8. The topological polar surface area (TPSA) is 91.7 Å². The van der Waals surface area contributed by atoms with Crippen molar-refractivity contribution in [1.29, 1.82) is 0 Å². The molecule has 2 N–H and O–H groups in total. The van der Waals surface area contributed by atoms with E-state index in [4.69, 9.17) is 0 Å². The number of aliphatic hydroxyl groups excluding tert-OH is 1. The van der Waals surface area contributed by atoms with Gasteiger partial charge in [-0.05, 0) is 60.3 Å². The Balaban J connectivity index is 3.92. The highest BCUT2D eigenvalue weighted by Crippen LogP contribution is 2.47. The van der Waals surface area contributed by atoms with Crippen molar-refractivity contribution < 1.29 is 24.6 Å². The highest BCUT2D eigenvalue weighted by molar-refractivity contribution is 6.32. The average molecular weight is 431 g/mol. The van der Waals surface area contributed by atoms with Gasteiger partial charge in [-0.2, -0.15) is 0 Å². The predicted molar refractivity (Wildman–Crippen MR) is 124 cm³/mol. The summed E-state index contributed by atoms with van der Waals surface area (Å²) in [5.74, 6) is -2.85. The second kappa shape index (κ2) is 10.4. The first kappa shape index (κ1) is 26.8. The Morgan fingerprint density at radius 2 is 1.29 bits per heavy atom. The van der Waals surface area contributed by atoms with Crippen LogP contribution in [-0.4, -0.2) is 33.2 Å². The Kier molecular flexibility index (Phi) is 8.95. The molecule has 0 saturated heterocycles. The monoisotopic (exact) mass is 430 g/mol. The fraction of sp³-hybridized carbons (Fsp3) is 0.577. The first-order valence-corrected chi connectivity index (χ1v) is 10.9. The third-order valence-electron chi connectivity index (χ3n) is 5.50. The van der Waals surface area contributed by atoms with E-state index < -0.39 is 39.7 Å². The molecule has 0 heterocycles. The molecule has 0 spiro atoms. The number of carbonyl (C=O) groups is 3. The van der Waals surface area contributed by atoms with Crippen LogP contribution >= 0.6 is 0 Å². The SMILES string of the molecule is CC(C)=CCC1(O)C(=O)C(C(=O)CC(C)C)=C(O)C(CC=C(C)C)(CC=C(C)C)C1=O. The molecule has 0 aromatic carbocycles. The van der Waals surface area contributed by atoms with Crippen LogP contribution in [0.5, 0.6) is 0 Å². The van der Waals surface area contributed by atoms with Gasteiger partial charge in [0, 0.05) is 12.8 Å². The lowest BCUT2D eigenvalue weighted by atomic mass is 9.61. The van der Waals surface area contributed by atoms with Crippen molar-refractivity contribution in [3.8, 4) is 0 Å². The minimum absolute atomic E-state index is 0.0411. The molecule has 31 heavy (non-hydrogen) atoms. The summed E-state index contributed by atoms with van der Waals surface area (Å²) in [4.78, 5) is 40.1. The van der Waals surface area contributed by atoms with Crippen LogP contribution < -0.4 is 0 Å². The zero-order valence-corrected chi connectivity index (χ0v) is 20.3. The number of carbonyl (C=O) groups excluding carboxylic acids is 3. The molecule has 1 atom stereocenters. The van der Waals surface area contributed by atoms with Crippen molar-refractivity contribution in [2.75, 3.05) is 0 Å². The number of hydrogen-bond acceptors (Lipinski definition) is 5. The van der Waals surface area contributed by atoms with E-state index in [1.807, 2.05) is 41.5 Å². The van der Waals surface area contributed by atoms with E-state index in [-0.39, 0.29) is 31.6 Å². The summed E-state index contributed by atoms with van der Waals surface area (Å²) in [6, 6.07) is 0. The number of aliphatic hydroxyl groups is 2. The summed E-state index contributed by atoms with van der Waals surface area (Å²) in [5.41, 5.74) is -1.70.